The number of carbonyl (C=O) groups is 2. The van der Waals surface area contributed by atoms with E-state index in [1.807, 2.05) is 23.6 Å². The van der Waals surface area contributed by atoms with Crippen LogP contribution in [0.25, 0.3) is 0 Å². The molecule has 2 aromatic heterocycles. The summed E-state index contributed by atoms with van der Waals surface area (Å²) >= 11 is 1.44. The highest BCUT2D eigenvalue weighted by Gasteiger charge is 2.41. The summed E-state index contributed by atoms with van der Waals surface area (Å²) in [6.45, 7) is 1.15. The van der Waals surface area contributed by atoms with Crippen LogP contribution in [0.4, 0.5) is 5.13 Å². The summed E-state index contributed by atoms with van der Waals surface area (Å²) in [5, 5.41) is 2.57. The molecule has 4 rings (SSSR count). The zero-order valence-corrected chi connectivity index (χ0v) is 17.4. The molecule has 154 valence electrons. The van der Waals surface area contributed by atoms with Gasteiger partial charge in [0.1, 0.15) is 5.69 Å². The lowest BCUT2D eigenvalue weighted by Gasteiger charge is -2.41. The van der Waals surface area contributed by atoms with Gasteiger partial charge in [-0.1, -0.05) is 30.3 Å². The van der Waals surface area contributed by atoms with Gasteiger partial charge in [0.25, 0.3) is 5.91 Å². The SMILES string of the molecule is COC(=O)c1ccc(C(=O)N2CCC(c3ccccc3)(c3csc(N)n3)CC2)nc1. The Kier molecular flexibility index (Phi) is 5.50. The number of anilines is 1. The lowest BCUT2D eigenvalue weighted by atomic mass is 9.70. The average molecular weight is 423 g/mol. The molecule has 3 heterocycles. The number of nitrogens with two attached hydrogens (primary N) is 1. The smallest absolute Gasteiger partial charge is 0.339 e. The van der Waals surface area contributed by atoms with Gasteiger partial charge in [-0.05, 0) is 30.5 Å². The number of methoxy groups -OCH3 is 1. The molecule has 0 radical (unpaired) electrons. The molecule has 7 nitrogen and oxygen atoms in total. The molecule has 8 heteroatoms. The first-order valence-electron chi connectivity index (χ1n) is 9.64. The number of carbonyl (C=O) groups excluding carboxylic acids is 2. The average Bonchev–Trinajstić information content (AvgIpc) is 3.25. The Labute approximate surface area is 178 Å². The second-order valence-electron chi connectivity index (χ2n) is 7.24. The van der Waals surface area contributed by atoms with E-state index < -0.39 is 5.97 Å². The van der Waals surface area contributed by atoms with E-state index in [0.717, 1.165) is 18.5 Å². The lowest BCUT2D eigenvalue weighted by Crippen LogP contribution is -2.46. The van der Waals surface area contributed by atoms with E-state index in [1.54, 1.807) is 17.0 Å². The Balaban J connectivity index is 1.55. The molecule has 1 fully saturated rings. The fourth-order valence-electron chi connectivity index (χ4n) is 3.97. The molecule has 1 amide bonds. The normalized spacial score (nSPS) is 15.6. The Hall–Kier alpha value is -3.26. The van der Waals surface area contributed by atoms with Crippen LogP contribution >= 0.6 is 11.3 Å². The van der Waals surface area contributed by atoms with Gasteiger partial charge in [0, 0.05) is 30.1 Å². The number of piperidine rings is 1. The van der Waals surface area contributed by atoms with E-state index in [1.165, 1.54) is 30.2 Å². The number of ether oxygens (including phenoxy) is 1. The number of pyridine rings is 1. The fraction of sp³-hybridized carbons (Fsp3) is 0.273. The van der Waals surface area contributed by atoms with E-state index in [2.05, 4.69) is 26.8 Å². The number of rotatable bonds is 4. The molecular formula is C22H22N4O3S. The van der Waals surface area contributed by atoms with E-state index in [0.29, 0.717) is 29.5 Å². The van der Waals surface area contributed by atoms with Gasteiger partial charge in [0.15, 0.2) is 5.13 Å². The van der Waals surface area contributed by atoms with Crippen LogP contribution in [0.15, 0.2) is 54.0 Å². The molecule has 0 saturated carbocycles. The zero-order valence-electron chi connectivity index (χ0n) is 16.6. The molecule has 0 aliphatic carbocycles. The minimum atomic E-state index is -0.477. The van der Waals surface area contributed by atoms with Crippen LogP contribution in [0.1, 0.15) is 44.9 Å². The number of aromatic nitrogens is 2. The minimum Gasteiger partial charge on any atom is -0.465 e. The van der Waals surface area contributed by atoms with Crippen molar-refractivity contribution in [3.63, 3.8) is 0 Å². The highest BCUT2D eigenvalue weighted by molar-refractivity contribution is 7.13. The fourth-order valence-corrected chi connectivity index (χ4v) is 4.63. The van der Waals surface area contributed by atoms with Crippen molar-refractivity contribution in [3.8, 4) is 0 Å². The third-order valence-corrected chi connectivity index (χ3v) is 6.32. The van der Waals surface area contributed by atoms with Gasteiger partial charge in [-0.2, -0.15) is 0 Å². The maximum atomic E-state index is 13.0. The predicted octanol–water partition coefficient (Wildman–Crippen LogP) is 3.13. The maximum Gasteiger partial charge on any atom is 0.339 e. The minimum absolute atomic E-state index is 0.147. The summed E-state index contributed by atoms with van der Waals surface area (Å²) in [4.78, 5) is 35.1. The molecule has 30 heavy (non-hydrogen) atoms. The number of likely N-dealkylation sites (tertiary alicyclic amines) is 1. The summed E-state index contributed by atoms with van der Waals surface area (Å²) in [6.07, 6.45) is 2.85. The van der Waals surface area contributed by atoms with Crippen LogP contribution in [0.5, 0.6) is 0 Å². The third-order valence-electron chi connectivity index (χ3n) is 5.65. The van der Waals surface area contributed by atoms with E-state index >= 15 is 0 Å². The first-order chi connectivity index (χ1) is 14.5. The van der Waals surface area contributed by atoms with Crippen LogP contribution in [0.3, 0.4) is 0 Å². The predicted molar refractivity (Wildman–Crippen MR) is 114 cm³/mol. The van der Waals surface area contributed by atoms with Gasteiger partial charge in [-0.25, -0.2) is 9.78 Å². The molecule has 0 unspecified atom stereocenters. The molecule has 1 aliphatic heterocycles. The van der Waals surface area contributed by atoms with Gasteiger partial charge in [0.05, 0.1) is 18.4 Å². The van der Waals surface area contributed by atoms with Gasteiger partial charge in [0.2, 0.25) is 0 Å². The summed E-state index contributed by atoms with van der Waals surface area (Å²) in [7, 11) is 1.31. The van der Waals surface area contributed by atoms with Crippen molar-refractivity contribution in [1.29, 1.82) is 0 Å². The van der Waals surface area contributed by atoms with Gasteiger partial charge >= 0.3 is 5.97 Å². The Morgan fingerprint density at radius 2 is 1.87 bits per heavy atom. The standard InChI is InChI=1S/C22H22N4O3S/c1-29-20(28)15-7-8-17(24-13-15)19(27)26-11-9-22(10-12-26,16-5-3-2-4-6-16)18-14-30-21(23)25-18/h2-8,13-14H,9-12H2,1H3,(H2,23,25). The zero-order chi connectivity index (χ0) is 21.1. The van der Waals surface area contributed by atoms with E-state index in [9.17, 15) is 9.59 Å². The Bertz CT molecular complexity index is 1040. The molecule has 0 spiro atoms. The number of nitrogens with zero attached hydrogens (tertiary/aromatic N) is 3. The van der Waals surface area contributed by atoms with E-state index in [-0.39, 0.29) is 11.3 Å². The molecule has 1 aromatic carbocycles. The van der Waals surface area contributed by atoms with Gasteiger partial charge < -0.3 is 15.4 Å². The quantitative estimate of drug-likeness (QED) is 0.649. The highest BCUT2D eigenvalue weighted by Crippen LogP contribution is 2.42. The second-order valence-corrected chi connectivity index (χ2v) is 8.12. The Morgan fingerprint density at radius 3 is 2.43 bits per heavy atom. The molecule has 1 saturated heterocycles. The van der Waals surface area contributed by atoms with Crippen molar-refractivity contribution in [2.24, 2.45) is 0 Å². The third kappa shape index (κ3) is 3.66. The first kappa shape index (κ1) is 20.0. The van der Waals surface area contributed by atoms with Crippen molar-refractivity contribution < 1.29 is 14.3 Å². The first-order valence-corrected chi connectivity index (χ1v) is 10.5. The topological polar surface area (TPSA) is 98.4 Å². The molecule has 1 aliphatic rings. The van der Waals surface area contributed by atoms with Crippen molar-refractivity contribution >= 4 is 28.3 Å². The molecule has 0 atom stereocenters. The maximum absolute atomic E-state index is 13.0. The largest absolute Gasteiger partial charge is 0.465 e. The number of nitrogen functional groups attached to an aromatic ring is 1. The highest BCUT2D eigenvalue weighted by atomic mass is 32.1. The molecule has 0 bridgehead atoms. The molecule has 2 N–H and O–H groups in total. The van der Waals surface area contributed by atoms with Gasteiger partial charge in [-0.15, -0.1) is 11.3 Å². The van der Waals surface area contributed by atoms with Gasteiger partial charge in [-0.3, -0.25) is 9.78 Å². The van der Waals surface area contributed by atoms with Crippen LogP contribution < -0.4 is 5.73 Å². The summed E-state index contributed by atoms with van der Waals surface area (Å²) in [5.41, 5.74) is 8.42. The van der Waals surface area contributed by atoms with Crippen LogP contribution in [-0.2, 0) is 10.2 Å². The monoisotopic (exact) mass is 422 g/mol. The number of amides is 1. The molecule has 3 aromatic rings. The van der Waals surface area contributed by atoms with Crippen molar-refractivity contribution in [1.82, 2.24) is 14.9 Å². The summed E-state index contributed by atoms with van der Waals surface area (Å²) in [5.74, 6) is -0.625. The van der Waals surface area contributed by atoms with Crippen LogP contribution in [0, 0.1) is 0 Å². The van der Waals surface area contributed by atoms with Crippen molar-refractivity contribution in [3.05, 3.63) is 76.6 Å². The number of hydrogen-bond acceptors (Lipinski definition) is 7. The number of hydrogen-bond donors (Lipinski definition) is 1. The molecular weight excluding hydrogens is 400 g/mol. The Morgan fingerprint density at radius 1 is 1.13 bits per heavy atom. The summed E-state index contributed by atoms with van der Waals surface area (Å²) < 4.78 is 4.67. The van der Waals surface area contributed by atoms with Crippen LogP contribution in [0.2, 0.25) is 0 Å². The van der Waals surface area contributed by atoms with E-state index in [4.69, 9.17) is 5.73 Å². The van der Waals surface area contributed by atoms with Crippen molar-refractivity contribution in [2.45, 2.75) is 18.3 Å². The number of benzene rings is 1. The van der Waals surface area contributed by atoms with Crippen molar-refractivity contribution in [2.75, 3.05) is 25.9 Å². The van der Waals surface area contributed by atoms with Crippen LogP contribution in [-0.4, -0.2) is 46.9 Å². The summed E-state index contributed by atoms with van der Waals surface area (Å²) in [6, 6.07) is 13.4. The second kappa shape index (κ2) is 8.23. The number of thiazole rings is 1. The lowest BCUT2D eigenvalue weighted by molar-refractivity contribution is 0.0597. The number of esters is 1.